The predicted octanol–water partition coefficient (Wildman–Crippen LogP) is 1.87. The molecule has 0 saturated carbocycles. The van der Waals surface area contributed by atoms with Gasteiger partial charge in [-0.15, -0.1) is 0 Å². The molecular formula is C12H16N2O5. The van der Waals surface area contributed by atoms with Gasteiger partial charge in [0, 0.05) is 18.3 Å². The third kappa shape index (κ3) is 4.55. The van der Waals surface area contributed by atoms with E-state index in [0.717, 1.165) is 6.42 Å². The second-order valence-electron chi connectivity index (χ2n) is 4.21. The summed E-state index contributed by atoms with van der Waals surface area (Å²) < 4.78 is 0. The molecule has 0 amide bonds. The summed E-state index contributed by atoms with van der Waals surface area (Å²) in [6.45, 7) is 2.25. The normalized spacial score (nSPS) is 11.9. The fourth-order valence-corrected chi connectivity index (χ4v) is 1.61. The van der Waals surface area contributed by atoms with E-state index in [9.17, 15) is 14.9 Å². The van der Waals surface area contributed by atoms with Crippen molar-refractivity contribution < 1.29 is 19.9 Å². The van der Waals surface area contributed by atoms with Crippen LogP contribution in [0.5, 0.6) is 0 Å². The zero-order valence-corrected chi connectivity index (χ0v) is 10.5. The first-order valence-corrected chi connectivity index (χ1v) is 5.85. The first-order valence-electron chi connectivity index (χ1n) is 5.85. The Morgan fingerprint density at radius 3 is 2.74 bits per heavy atom. The quantitative estimate of drug-likeness (QED) is 0.395. The number of carboxylic acid groups (broad SMARTS) is 1. The number of nitro groups is 1. The lowest BCUT2D eigenvalue weighted by atomic mass is 10.1. The van der Waals surface area contributed by atoms with Crippen molar-refractivity contribution in [1.29, 1.82) is 0 Å². The smallest absolute Gasteiger partial charge is 0.342 e. The number of nitrogens with zero attached hydrogens (tertiary/aromatic N) is 1. The van der Waals surface area contributed by atoms with Crippen LogP contribution in [-0.2, 0) is 0 Å². The Labute approximate surface area is 110 Å². The first-order chi connectivity index (χ1) is 8.91. The number of anilines is 1. The topological polar surface area (TPSA) is 113 Å². The molecule has 1 rings (SSSR count). The molecule has 0 aliphatic heterocycles. The van der Waals surface area contributed by atoms with E-state index >= 15 is 0 Å². The fourth-order valence-electron chi connectivity index (χ4n) is 1.61. The number of nitro benzene ring substituents is 1. The molecule has 0 aliphatic rings. The number of aliphatic hydroxyl groups is 1. The van der Waals surface area contributed by atoms with Gasteiger partial charge in [0.25, 0.3) is 5.69 Å². The highest BCUT2D eigenvalue weighted by Gasteiger charge is 2.19. The zero-order chi connectivity index (χ0) is 14.4. The van der Waals surface area contributed by atoms with Crippen molar-refractivity contribution in [2.24, 2.45) is 0 Å². The Morgan fingerprint density at radius 1 is 1.53 bits per heavy atom. The van der Waals surface area contributed by atoms with Gasteiger partial charge in [0.15, 0.2) is 0 Å². The van der Waals surface area contributed by atoms with Gasteiger partial charge in [0.1, 0.15) is 5.56 Å². The Kier molecular flexibility index (Phi) is 5.25. The van der Waals surface area contributed by atoms with E-state index in [-0.39, 0.29) is 11.7 Å². The Balaban J connectivity index is 2.73. The summed E-state index contributed by atoms with van der Waals surface area (Å²) in [6, 6.07) is 3.87. The van der Waals surface area contributed by atoms with Crippen LogP contribution in [0.1, 0.15) is 30.1 Å². The highest BCUT2D eigenvalue weighted by atomic mass is 16.6. The van der Waals surface area contributed by atoms with Crippen molar-refractivity contribution in [1.82, 2.24) is 0 Å². The molecule has 1 aromatic rings. The van der Waals surface area contributed by atoms with Crippen LogP contribution in [0, 0.1) is 10.1 Å². The molecule has 0 heterocycles. The molecular weight excluding hydrogens is 252 g/mol. The average Bonchev–Trinajstić information content (AvgIpc) is 2.33. The van der Waals surface area contributed by atoms with Gasteiger partial charge < -0.3 is 15.5 Å². The second kappa shape index (κ2) is 6.69. The number of carbonyl (C=O) groups is 1. The van der Waals surface area contributed by atoms with Crippen molar-refractivity contribution >= 4 is 17.3 Å². The lowest BCUT2D eigenvalue weighted by Crippen LogP contribution is -2.08. The van der Waals surface area contributed by atoms with Crippen LogP contribution in [0.2, 0.25) is 0 Å². The van der Waals surface area contributed by atoms with Gasteiger partial charge >= 0.3 is 5.97 Å². The number of benzene rings is 1. The van der Waals surface area contributed by atoms with Gasteiger partial charge in [0.05, 0.1) is 11.0 Å². The van der Waals surface area contributed by atoms with Gasteiger partial charge in [-0.05, 0) is 31.9 Å². The molecule has 0 spiro atoms. The first kappa shape index (κ1) is 14.9. The van der Waals surface area contributed by atoms with E-state index in [0.29, 0.717) is 18.7 Å². The Morgan fingerprint density at radius 2 is 2.21 bits per heavy atom. The second-order valence-corrected chi connectivity index (χ2v) is 4.21. The molecule has 0 radical (unpaired) electrons. The van der Waals surface area contributed by atoms with Crippen molar-refractivity contribution in [3.05, 3.63) is 33.9 Å². The molecule has 104 valence electrons. The van der Waals surface area contributed by atoms with Gasteiger partial charge in [-0.1, -0.05) is 0 Å². The molecule has 1 unspecified atom stereocenters. The lowest BCUT2D eigenvalue weighted by molar-refractivity contribution is -0.385. The van der Waals surface area contributed by atoms with Crippen LogP contribution in [0.3, 0.4) is 0 Å². The molecule has 1 aromatic carbocycles. The molecule has 0 saturated heterocycles. The molecule has 0 aliphatic carbocycles. The molecule has 1 atom stereocenters. The van der Waals surface area contributed by atoms with E-state index < -0.39 is 16.6 Å². The third-order valence-electron chi connectivity index (χ3n) is 2.55. The maximum Gasteiger partial charge on any atom is 0.342 e. The summed E-state index contributed by atoms with van der Waals surface area (Å²) in [5, 5.41) is 31.6. The summed E-state index contributed by atoms with van der Waals surface area (Å²) in [5.41, 5.74) is -0.263. The Hall–Kier alpha value is -2.15. The minimum Gasteiger partial charge on any atom is -0.477 e. The fraction of sp³-hybridized carbons (Fsp3) is 0.417. The maximum absolute atomic E-state index is 10.9. The largest absolute Gasteiger partial charge is 0.477 e. The van der Waals surface area contributed by atoms with Crippen molar-refractivity contribution in [3.63, 3.8) is 0 Å². The van der Waals surface area contributed by atoms with Crippen LogP contribution in [-0.4, -0.2) is 33.8 Å². The molecule has 0 bridgehead atoms. The van der Waals surface area contributed by atoms with E-state index in [1.165, 1.54) is 18.2 Å². The predicted molar refractivity (Wildman–Crippen MR) is 69.5 cm³/mol. The number of aliphatic hydroxyl groups excluding tert-OH is 1. The number of aromatic carboxylic acids is 1. The van der Waals surface area contributed by atoms with Gasteiger partial charge in [-0.25, -0.2) is 4.79 Å². The number of rotatable bonds is 7. The summed E-state index contributed by atoms with van der Waals surface area (Å²) in [7, 11) is 0. The molecule has 7 heteroatoms. The van der Waals surface area contributed by atoms with E-state index in [4.69, 9.17) is 10.2 Å². The van der Waals surface area contributed by atoms with Crippen LogP contribution in [0.4, 0.5) is 11.4 Å². The molecule has 7 nitrogen and oxygen atoms in total. The van der Waals surface area contributed by atoms with Crippen LogP contribution >= 0.6 is 0 Å². The maximum atomic E-state index is 10.9. The molecule has 0 aromatic heterocycles. The minimum absolute atomic E-state index is 0.342. The van der Waals surface area contributed by atoms with Gasteiger partial charge in [-0.3, -0.25) is 10.1 Å². The van der Waals surface area contributed by atoms with E-state index in [1.54, 1.807) is 6.92 Å². The monoisotopic (exact) mass is 268 g/mol. The van der Waals surface area contributed by atoms with Crippen LogP contribution in [0.15, 0.2) is 18.2 Å². The summed E-state index contributed by atoms with van der Waals surface area (Å²) in [4.78, 5) is 20.9. The number of hydrogen-bond acceptors (Lipinski definition) is 5. The molecule has 3 N–H and O–H groups in total. The lowest BCUT2D eigenvalue weighted by Gasteiger charge is -2.08. The number of nitrogens with one attached hydrogen (secondary N) is 1. The summed E-state index contributed by atoms with van der Waals surface area (Å²) >= 11 is 0. The SMILES string of the molecule is CC(O)CCCNc1ccc([N+](=O)[O-])c(C(=O)O)c1. The van der Waals surface area contributed by atoms with Gasteiger partial charge in [-0.2, -0.15) is 0 Å². The Bertz CT molecular complexity index is 473. The van der Waals surface area contributed by atoms with Gasteiger partial charge in [0.2, 0.25) is 0 Å². The standard InChI is InChI=1S/C12H16N2O5/c1-8(15)3-2-6-13-9-4-5-11(14(18)19)10(7-9)12(16)17/h4-5,7-8,13,15H,2-3,6H2,1H3,(H,16,17). The summed E-state index contributed by atoms with van der Waals surface area (Å²) in [6.07, 6.45) is 0.969. The van der Waals surface area contributed by atoms with Crippen LogP contribution < -0.4 is 5.32 Å². The molecule has 19 heavy (non-hydrogen) atoms. The zero-order valence-electron chi connectivity index (χ0n) is 10.5. The van der Waals surface area contributed by atoms with Crippen LogP contribution in [0.25, 0.3) is 0 Å². The van der Waals surface area contributed by atoms with E-state index in [2.05, 4.69) is 5.32 Å². The van der Waals surface area contributed by atoms with Crippen molar-refractivity contribution in [2.45, 2.75) is 25.9 Å². The number of carboxylic acids is 1. The summed E-state index contributed by atoms with van der Waals surface area (Å²) in [5.74, 6) is -1.33. The van der Waals surface area contributed by atoms with Crippen molar-refractivity contribution in [3.8, 4) is 0 Å². The van der Waals surface area contributed by atoms with E-state index in [1.807, 2.05) is 0 Å². The average molecular weight is 268 g/mol. The number of hydrogen-bond donors (Lipinski definition) is 3. The molecule has 0 fully saturated rings. The highest BCUT2D eigenvalue weighted by Crippen LogP contribution is 2.22. The highest BCUT2D eigenvalue weighted by molar-refractivity contribution is 5.93. The minimum atomic E-state index is -1.33. The third-order valence-corrected chi connectivity index (χ3v) is 2.55. The van der Waals surface area contributed by atoms with Crippen molar-refractivity contribution in [2.75, 3.05) is 11.9 Å².